The van der Waals surface area contributed by atoms with Gasteiger partial charge >= 0.3 is 5.97 Å². The van der Waals surface area contributed by atoms with Crippen LogP contribution >= 0.6 is 11.6 Å². The van der Waals surface area contributed by atoms with Gasteiger partial charge in [0.2, 0.25) is 0 Å². The highest BCUT2D eigenvalue weighted by molar-refractivity contribution is 6.31. The van der Waals surface area contributed by atoms with E-state index in [-0.39, 0.29) is 18.3 Å². The molecule has 0 spiro atoms. The number of carboxylic acids is 1. The lowest BCUT2D eigenvalue weighted by atomic mass is 9.97. The maximum Gasteiger partial charge on any atom is 0.303 e. The van der Waals surface area contributed by atoms with Crippen LogP contribution in [0.5, 0.6) is 5.88 Å². The number of nitrogens with one attached hydrogen (secondary N) is 2. The number of aromatic hydroxyl groups is 1. The molecule has 1 atom stereocenters. The Morgan fingerprint density at radius 3 is 2.45 bits per heavy atom. The molecule has 0 aliphatic rings. The van der Waals surface area contributed by atoms with E-state index in [0.717, 1.165) is 34.3 Å². The molecular weight excluding hydrogens is 522 g/mol. The summed E-state index contributed by atoms with van der Waals surface area (Å²) in [4.78, 5) is 19.2. The van der Waals surface area contributed by atoms with Crippen molar-refractivity contribution in [2.45, 2.75) is 32.4 Å². The van der Waals surface area contributed by atoms with Crippen molar-refractivity contribution in [2.75, 3.05) is 0 Å². The van der Waals surface area contributed by atoms with Gasteiger partial charge in [0.05, 0.1) is 22.5 Å². The Morgan fingerprint density at radius 1 is 0.950 bits per heavy atom. The predicted octanol–water partition coefficient (Wildman–Crippen LogP) is 7.56. The quantitative estimate of drug-likeness (QED) is 0.135. The van der Waals surface area contributed by atoms with E-state index in [1.807, 2.05) is 60.7 Å². The Morgan fingerprint density at radius 2 is 1.70 bits per heavy atom. The first-order valence-corrected chi connectivity index (χ1v) is 13.5. The standard InChI is InChI=1S/C33H30ClN3O3/c1-21(35-20-23-6-3-2-4-7-23)24-11-14-27(15-12-24)36-32(25-9-5-8-22(18-25)10-17-30(38)39)31-28-16-13-26(34)19-29(28)37-33(31)40/h2-9,11-16,18-19,21,35,37,40H,10,17,20H2,1H3,(H,38,39). The Balaban J connectivity index is 1.50. The molecule has 1 heterocycles. The van der Waals surface area contributed by atoms with Crippen LogP contribution in [0.2, 0.25) is 5.02 Å². The number of rotatable bonds is 10. The van der Waals surface area contributed by atoms with E-state index in [0.29, 0.717) is 28.2 Å². The van der Waals surface area contributed by atoms with Crippen molar-refractivity contribution in [3.05, 3.63) is 130 Å². The molecule has 0 fully saturated rings. The van der Waals surface area contributed by atoms with Gasteiger partial charge in [0.1, 0.15) is 0 Å². The molecule has 5 aromatic rings. The molecule has 0 saturated heterocycles. The maximum atomic E-state index is 11.2. The summed E-state index contributed by atoms with van der Waals surface area (Å²) in [5.74, 6) is -0.861. The van der Waals surface area contributed by atoms with E-state index in [4.69, 9.17) is 21.7 Å². The number of hydrogen-bond acceptors (Lipinski definition) is 4. The number of benzene rings is 4. The molecule has 0 saturated carbocycles. The average Bonchev–Trinajstić information content (AvgIpc) is 3.28. The van der Waals surface area contributed by atoms with Crippen molar-refractivity contribution in [3.8, 4) is 5.88 Å². The van der Waals surface area contributed by atoms with Crippen molar-refractivity contribution in [1.29, 1.82) is 0 Å². The summed E-state index contributed by atoms with van der Waals surface area (Å²) >= 11 is 6.20. The van der Waals surface area contributed by atoms with Gasteiger partial charge in [-0.2, -0.15) is 0 Å². The van der Waals surface area contributed by atoms with Crippen LogP contribution in [0, 0.1) is 0 Å². The summed E-state index contributed by atoms with van der Waals surface area (Å²) in [7, 11) is 0. The second-order valence-electron chi connectivity index (χ2n) is 9.77. The Bertz CT molecular complexity index is 1660. The molecule has 0 aliphatic carbocycles. The number of aryl methyl sites for hydroxylation is 1. The van der Waals surface area contributed by atoms with Gasteiger partial charge in [-0.05, 0) is 60.4 Å². The molecule has 6 nitrogen and oxygen atoms in total. The first-order chi connectivity index (χ1) is 19.4. The smallest absolute Gasteiger partial charge is 0.303 e. The number of nitrogens with zero attached hydrogens (tertiary/aromatic N) is 1. The number of aromatic nitrogens is 1. The van der Waals surface area contributed by atoms with Gasteiger partial charge in [-0.1, -0.05) is 78.3 Å². The molecule has 4 aromatic carbocycles. The second kappa shape index (κ2) is 12.2. The molecule has 1 unspecified atom stereocenters. The minimum atomic E-state index is -0.849. The fourth-order valence-electron chi connectivity index (χ4n) is 4.74. The number of carbonyl (C=O) groups is 1. The van der Waals surface area contributed by atoms with Gasteiger partial charge in [-0.3, -0.25) is 4.79 Å². The summed E-state index contributed by atoms with van der Waals surface area (Å²) in [6.45, 7) is 2.90. The Hall–Kier alpha value is -4.39. The van der Waals surface area contributed by atoms with Gasteiger partial charge < -0.3 is 20.5 Å². The predicted molar refractivity (Wildman–Crippen MR) is 161 cm³/mol. The van der Waals surface area contributed by atoms with Crippen molar-refractivity contribution in [1.82, 2.24) is 10.3 Å². The number of aliphatic imine (C=N–C) groups is 1. The average molecular weight is 552 g/mol. The number of hydrogen-bond donors (Lipinski definition) is 4. The molecule has 5 rings (SSSR count). The van der Waals surface area contributed by atoms with Gasteiger partial charge in [-0.15, -0.1) is 0 Å². The largest absolute Gasteiger partial charge is 0.494 e. The van der Waals surface area contributed by atoms with Crippen LogP contribution in [0.1, 0.15) is 47.2 Å². The molecule has 0 amide bonds. The van der Waals surface area contributed by atoms with E-state index in [9.17, 15) is 9.90 Å². The van der Waals surface area contributed by atoms with Crippen molar-refractivity contribution in [3.63, 3.8) is 0 Å². The molecule has 202 valence electrons. The van der Waals surface area contributed by atoms with Gasteiger partial charge in [0, 0.05) is 35.0 Å². The fourth-order valence-corrected chi connectivity index (χ4v) is 4.91. The summed E-state index contributed by atoms with van der Waals surface area (Å²) in [5.41, 5.74) is 6.58. The van der Waals surface area contributed by atoms with E-state index < -0.39 is 5.97 Å². The van der Waals surface area contributed by atoms with E-state index in [1.165, 1.54) is 5.56 Å². The molecule has 0 bridgehead atoms. The number of fused-ring (bicyclic) bond motifs is 1. The fraction of sp³-hybridized carbons (Fsp3) is 0.152. The third-order valence-corrected chi connectivity index (χ3v) is 7.13. The number of aromatic amines is 1. The van der Waals surface area contributed by atoms with Crippen molar-refractivity contribution >= 4 is 39.9 Å². The lowest BCUT2D eigenvalue weighted by molar-refractivity contribution is -0.136. The Kier molecular flexibility index (Phi) is 8.29. The second-order valence-corrected chi connectivity index (χ2v) is 10.2. The monoisotopic (exact) mass is 551 g/mol. The first-order valence-electron chi connectivity index (χ1n) is 13.1. The van der Waals surface area contributed by atoms with Crippen LogP contribution in [0.25, 0.3) is 10.9 Å². The number of carboxylic acid groups (broad SMARTS) is 1. The zero-order valence-electron chi connectivity index (χ0n) is 22.1. The SMILES string of the molecule is CC(NCc1ccccc1)c1ccc(N=C(c2cccc(CCC(=O)O)c2)c2c(O)[nH]c3cc(Cl)ccc23)cc1. The minimum absolute atomic E-state index is 0.0117. The van der Waals surface area contributed by atoms with E-state index >= 15 is 0 Å². The van der Waals surface area contributed by atoms with Crippen LogP contribution in [-0.4, -0.2) is 26.9 Å². The lowest BCUT2D eigenvalue weighted by Gasteiger charge is -2.15. The summed E-state index contributed by atoms with van der Waals surface area (Å²) in [6.07, 6.45) is 0.430. The molecule has 1 aromatic heterocycles. The van der Waals surface area contributed by atoms with Gasteiger partial charge in [-0.25, -0.2) is 4.99 Å². The summed E-state index contributed by atoms with van der Waals surface area (Å²) < 4.78 is 0. The molecule has 0 radical (unpaired) electrons. The highest BCUT2D eigenvalue weighted by Gasteiger charge is 2.19. The maximum absolute atomic E-state index is 11.2. The van der Waals surface area contributed by atoms with Crippen LogP contribution in [-0.2, 0) is 17.8 Å². The zero-order chi connectivity index (χ0) is 28.1. The topological polar surface area (TPSA) is 97.7 Å². The van der Waals surface area contributed by atoms with E-state index in [2.05, 4.69) is 41.5 Å². The minimum Gasteiger partial charge on any atom is -0.494 e. The van der Waals surface area contributed by atoms with Gasteiger partial charge in [0.15, 0.2) is 5.88 Å². The first kappa shape index (κ1) is 27.2. The number of halogens is 1. The summed E-state index contributed by atoms with van der Waals surface area (Å²) in [5, 5.41) is 25.0. The number of H-pyrrole nitrogens is 1. The lowest BCUT2D eigenvalue weighted by Crippen LogP contribution is -2.17. The third kappa shape index (κ3) is 6.42. The van der Waals surface area contributed by atoms with Crippen molar-refractivity contribution < 1.29 is 15.0 Å². The van der Waals surface area contributed by atoms with Crippen LogP contribution in [0.15, 0.2) is 102 Å². The van der Waals surface area contributed by atoms with Gasteiger partial charge in [0.25, 0.3) is 0 Å². The molecular formula is C33H30ClN3O3. The summed E-state index contributed by atoms with van der Waals surface area (Å²) in [6, 6.07) is 31.5. The number of aliphatic carboxylic acids is 1. The molecule has 40 heavy (non-hydrogen) atoms. The molecule has 7 heteroatoms. The van der Waals surface area contributed by atoms with E-state index in [1.54, 1.807) is 12.1 Å². The van der Waals surface area contributed by atoms with Crippen LogP contribution in [0.4, 0.5) is 5.69 Å². The third-order valence-electron chi connectivity index (χ3n) is 6.89. The molecule has 4 N–H and O–H groups in total. The molecule has 0 aliphatic heterocycles. The normalized spacial score (nSPS) is 12.5. The zero-order valence-corrected chi connectivity index (χ0v) is 22.8. The highest BCUT2D eigenvalue weighted by atomic mass is 35.5. The van der Waals surface area contributed by atoms with Crippen LogP contribution in [0.3, 0.4) is 0 Å². The van der Waals surface area contributed by atoms with Crippen molar-refractivity contribution in [2.24, 2.45) is 4.99 Å². The highest BCUT2D eigenvalue weighted by Crippen LogP contribution is 2.33. The van der Waals surface area contributed by atoms with Crippen LogP contribution < -0.4 is 5.32 Å². The Labute approximate surface area is 238 Å².